The second kappa shape index (κ2) is 11.6. The van der Waals surface area contributed by atoms with Crippen LogP contribution in [0.5, 0.6) is 0 Å². The third kappa shape index (κ3) is 6.02. The summed E-state index contributed by atoms with van der Waals surface area (Å²) in [6.45, 7) is 5.28. The molecule has 32 heavy (non-hydrogen) atoms. The summed E-state index contributed by atoms with van der Waals surface area (Å²) in [5.41, 5.74) is 3.06. The van der Waals surface area contributed by atoms with Crippen LogP contribution in [0, 0.1) is 17.2 Å². The van der Waals surface area contributed by atoms with Crippen molar-refractivity contribution in [2.45, 2.75) is 45.6 Å². The van der Waals surface area contributed by atoms with Gasteiger partial charge >= 0.3 is 5.97 Å². The summed E-state index contributed by atoms with van der Waals surface area (Å²) in [6.07, 6.45) is 6.90. The summed E-state index contributed by atoms with van der Waals surface area (Å²) in [5.74, 6) is -0.0980. The molecule has 0 amide bonds. The number of carboxylic acid groups (broad SMARTS) is 1. The minimum atomic E-state index is -0.700. The number of piperidine rings is 1. The van der Waals surface area contributed by atoms with Crippen LogP contribution in [0.4, 0.5) is 0 Å². The Morgan fingerprint density at radius 1 is 1.34 bits per heavy atom. The van der Waals surface area contributed by atoms with E-state index in [-0.39, 0.29) is 5.92 Å². The molecule has 0 atom stereocenters. The van der Waals surface area contributed by atoms with E-state index in [0.29, 0.717) is 24.9 Å². The smallest absolute Gasteiger partial charge is 0.306 e. The first-order valence-corrected chi connectivity index (χ1v) is 11.2. The first-order valence-electron chi connectivity index (χ1n) is 11.2. The van der Waals surface area contributed by atoms with Crippen molar-refractivity contribution >= 4 is 27.9 Å². The zero-order valence-electron chi connectivity index (χ0n) is 18.8. The van der Waals surface area contributed by atoms with Crippen LogP contribution < -0.4 is 0 Å². The number of rotatable bonds is 7. The van der Waals surface area contributed by atoms with Crippen molar-refractivity contribution in [1.29, 1.82) is 5.26 Å². The average Bonchev–Trinajstić information content (AvgIpc) is 3.23. The lowest BCUT2D eigenvalue weighted by Gasteiger charge is -2.29. The van der Waals surface area contributed by atoms with Gasteiger partial charge in [0.1, 0.15) is 5.82 Å². The third-order valence-electron chi connectivity index (χ3n) is 5.76. The van der Waals surface area contributed by atoms with Gasteiger partial charge in [-0.05, 0) is 50.6 Å². The molecular formula is C24H31N5O3. The number of hydrogen-bond acceptors (Lipinski definition) is 6. The largest absolute Gasteiger partial charge is 0.481 e. The lowest BCUT2D eigenvalue weighted by atomic mass is 9.97. The second-order valence-corrected chi connectivity index (χ2v) is 8.14. The van der Waals surface area contributed by atoms with E-state index < -0.39 is 5.97 Å². The van der Waals surface area contributed by atoms with E-state index in [1.54, 1.807) is 19.4 Å². The van der Waals surface area contributed by atoms with E-state index in [4.69, 9.17) is 20.1 Å². The Labute approximate surface area is 188 Å². The maximum absolute atomic E-state index is 11.0. The number of pyridine rings is 1. The quantitative estimate of drug-likeness (QED) is 0.535. The van der Waals surface area contributed by atoms with E-state index in [9.17, 15) is 4.79 Å². The Balaban J connectivity index is 0.000000360. The van der Waals surface area contributed by atoms with Gasteiger partial charge in [0.25, 0.3) is 0 Å². The predicted molar refractivity (Wildman–Crippen MR) is 123 cm³/mol. The Kier molecular flexibility index (Phi) is 8.54. The molecule has 1 aromatic carbocycles. The minimum absolute atomic E-state index is 0.232. The van der Waals surface area contributed by atoms with Crippen LogP contribution in [-0.4, -0.2) is 57.7 Å². The number of nitriles is 1. The van der Waals surface area contributed by atoms with Crippen LogP contribution in [0.1, 0.15) is 50.4 Å². The highest BCUT2D eigenvalue weighted by Crippen LogP contribution is 2.24. The summed E-state index contributed by atoms with van der Waals surface area (Å²) in [7, 11) is 1.75. The van der Waals surface area contributed by atoms with E-state index in [2.05, 4.69) is 27.9 Å². The maximum Gasteiger partial charge on any atom is 0.306 e. The number of likely N-dealkylation sites (tertiary alicyclic amines) is 1. The molecule has 8 heteroatoms. The maximum atomic E-state index is 11.0. The molecule has 1 aliphatic rings. The van der Waals surface area contributed by atoms with E-state index in [1.807, 2.05) is 12.1 Å². The molecule has 0 aliphatic carbocycles. The molecule has 2 N–H and O–H groups in total. The fourth-order valence-electron chi connectivity index (χ4n) is 3.90. The van der Waals surface area contributed by atoms with Gasteiger partial charge in [0.05, 0.1) is 46.8 Å². The molecule has 0 unspecified atom stereocenters. The zero-order valence-corrected chi connectivity index (χ0v) is 18.8. The third-order valence-corrected chi connectivity index (χ3v) is 5.76. The Bertz CT molecular complexity index is 1080. The van der Waals surface area contributed by atoms with Crippen LogP contribution in [0.15, 0.2) is 24.4 Å². The molecule has 2 aromatic heterocycles. The van der Waals surface area contributed by atoms with Crippen LogP contribution in [0.25, 0.3) is 21.9 Å². The molecular weight excluding hydrogens is 406 g/mol. The van der Waals surface area contributed by atoms with Gasteiger partial charge in [-0.15, -0.1) is 0 Å². The fraction of sp³-hybridized carbons (Fsp3) is 0.500. The van der Waals surface area contributed by atoms with Gasteiger partial charge in [-0.25, -0.2) is 4.98 Å². The van der Waals surface area contributed by atoms with Crippen LogP contribution in [-0.2, 0) is 16.1 Å². The van der Waals surface area contributed by atoms with E-state index in [0.717, 1.165) is 47.5 Å². The average molecular weight is 438 g/mol. The molecule has 0 saturated carbocycles. The topological polar surface area (TPSA) is 115 Å². The fourth-order valence-corrected chi connectivity index (χ4v) is 3.90. The van der Waals surface area contributed by atoms with Crippen molar-refractivity contribution < 1.29 is 14.6 Å². The number of ether oxygens (including phenoxy) is 1. The van der Waals surface area contributed by atoms with Crippen molar-refractivity contribution in [3.8, 4) is 6.07 Å². The zero-order chi connectivity index (χ0) is 22.9. The lowest BCUT2D eigenvalue weighted by Crippen LogP contribution is -2.36. The lowest BCUT2D eigenvalue weighted by molar-refractivity contribution is -0.143. The second-order valence-electron chi connectivity index (χ2n) is 8.14. The molecule has 1 aliphatic heterocycles. The van der Waals surface area contributed by atoms with Crippen molar-refractivity contribution in [1.82, 2.24) is 19.9 Å². The Hall–Kier alpha value is -3.02. The van der Waals surface area contributed by atoms with Crippen molar-refractivity contribution in [2.75, 3.05) is 26.8 Å². The number of carbonyl (C=O) groups is 1. The molecule has 1 fully saturated rings. The molecule has 0 spiro atoms. The summed E-state index contributed by atoms with van der Waals surface area (Å²) in [6, 6.07) is 7.54. The molecule has 1 saturated heterocycles. The molecule has 3 aromatic rings. The number of aromatic nitrogens is 3. The normalized spacial score (nSPS) is 14.8. The first-order chi connectivity index (χ1) is 15.5. The van der Waals surface area contributed by atoms with Gasteiger partial charge in [-0.1, -0.05) is 19.8 Å². The van der Waals surface area contributed by atoms with Crippen molar-refractivity contribution in [3.05, 3.63) is 35.8 Å². The monoisotopic (exact) mass is 437 g/mol. The van der Waals surface area contributed by atoms with Gasteiger partial charge in [-0.2, -0.15) is 5.26 Å². The summed E-state index contributed by atoms with van der Waals surface area (Å²) in [4.78, 5) is 25.7. The minimum Gasteiger partial charge on any atom is -0.481 e. The number of nitrogens with zero attached hydrogens (tertiary/aromatic N) is 4. The highest BCUT2D eigenvalue weighted by Gasteiger charge is 2.25. The number of nitrogens with one attached hydrogen (secondary N) is 1. The van der Waals surface area contributed by atoms with Gasteiger partial charge in [-0.3, -0.25) is 14.7 Å². The van der Waals surface area contributed by atoms with Gasteiger partial charge < -0.3 is 14.8 Å². The Morgan fingerprint density at radius 3 is 2.78 bits per heavy atom. The molecule has 8 nitrogen and oxygen atoms in total. The van der Waals surface area contributed by atoms with Gasteiger partial charge in [0.2, 0.25) is 0 Å². The van der Waals surface area contributed by atoms with Gasteiger partial charge in [0.15, 0.2) is 0 Å². The molecule has 0 bridgehead atoms. The standard InChI is InChI=1S/C18H17N5O2.C6H14O/c19-8-11-1-2-14-13(7-11)17-15(9-20-14)21-16(22-17)10-23-5-3-12(4-6-23)18(24)25;1-3-4-5-6-7-2/h1-2,7,9,12H,3-6,10H2,(H,21,22)(H,24,25);3-6H2,1-2H3. The summed E-state index contributed by atoms with van der Waals surface area (Å²) in [5, 5.41) is 19.1. The molecule has 0 radical (unpaired) electrons. The number of imidazole rings is 1. The summed E-state index contributed by atoms with van der Waals surface area (Å²) >= 11 is 0. The molecule has 3 heterocycles. The number of benzene rings is 1. The van der Waals surface area contributed by atoms with E-state index in [1.165, 1.54) is 19.3 Å². The summed E-state index contributed by atoms with van der Waals surface area (Å²) < 4.78 is 4.84. The number of H-pyrrole nitrogens is 1. The molecule has 170 valence electrons. The van der Waals surface area contributed by atoms with Crippen LogP contribution >= 0.6 is 0 Å². The first kappa shape index (κ1) is 23.6. The SMILES string of the molecule is CCCCCOC.N#Cc1ccc2ncc3[nH]c(CN4CCC(C(=O)O)CC4)nc3c2c1. The number of carboxylic acids is 1. The number of hydrogen-bond donors (Lipinski definition) is 2. The molecule has 4 rings (SSSR count). The predicted octanol–water partition coefficient (Wildman–Crippen LogP) is 4.10. The Morgan fingerprint density at radius 2 is 2.12 bits per heavy atom. The highest BCUT2D eigenvalue weighted by molar-refractivity contribution is 6.02. The van der Waals surface area contributed by atoms with Crippen LogP contribution in [0.3, 0.4) is 0 Å². The number of unbranched alkanes of at least 4 members (excludes halogenated alkanes) is 2. The van der Waals surface area contributed by atoms with E-state index >= 15 is 0 Å². The number of aliphatic carboxylic acids is 1. The van der Waals surface area contributed by atoms with Crippen LogP contribution in [0.2, 0.25) is 0 Å². The van der Waals surface area contributed by atoms with Gasteiger partial charge in [0, 0.05) is 19.1 Å². The van der Waals surface area contributed by atoms with Crippen molar-refractivity contribution in [2.24, 2.45) is 5.92 Å². The number of fused-ring (bicyclic) bond motifs is 3. The number of methoxy groups -OCH3 is 1. The highest BCUT2D eigenvalue weighted by atomic mass is 16.5. The van der Waals surface area contributed by atoms with Crippen molar-refractivity contribution in [3.63, 3.8) is 0 Å². The number of aromatic amines is 1.